The van der Waals surface area contributed by atoms with Gasteiger partial charge in [-0.25, -0.2) is 4.98 Å². The van der Waals surface area contributed by atoms with Crippen LogP contribution in [-0.4, -0.2) is 14.5 Å². The van der Waals surface area contributed by atoms with Gasteiger partial charge in [-0.3, -0.25) is 9.78 Å². The minimum atomic E-state index is -0.161. The first-order valence-corrected chi connectivity index (χ1v) is 4.88. The minimum absolute atomic E-state index is 0.161. The van der Waals surface area contributed by atoms with Gasteiger partial charge in [-0.15, -0.1) is 0 Å². The highest BCUT2D eigenvalue weighted by atomic mass is 16.1. The highest BCUT2D eigenvalue weighted by molar-refractivity contribution is 5.57. The topological polar surface area (TPSA) is 59.8 Å². The van der Waals surface area contributed by atoms with E-state index in [0.29, 0.717) is 5.82 Å². The van der Waals surface area contributed by atoms with Gasteiger partial charge in [0.25, 0.3) is 5.56 Å². The molecular weight excluding hydrogens is 204 g/mol. The Labute approximate surface area is 92.8 Å². The molecule has 2 aromatic heterocycles. The number of aromatic nitrogens is 3. The van der Waals surface area contributed by atoms with Crippen molar-refractivity contribution in [3.05, 3.63) is 46.8 Å². The van der Waals surface area contributed by atoms with Crippen LogP contribution in [-0.2, 0) is 7.05 Å². The van der Waals surface area contributed by atoms with Crippen molar-refractivity contribution >= 4 is 11.5 Å². The maximum absolute atomic E-state index is 11.7. The van der Waals surface area contributed by atoms with Gasteiger partial charge >= 0.3 is 0 Å². The Morgan fingerprint density at radius 2 is 2.19 bits per heavy atom. The van der Waals surface area contributed by atoms with Crippen molar-refractivity contribution in [1.82, 2.24) is 14.5 Å². The summed E-state index contributed by atoms with van der Waals surface area (Å²) in [4.78, 5) is 19.7. The van der Waals surface area contributed by atoms with Crippen LogP contribution in [0, 0.1) is 6.92 Å². The first kappa shape index (κ1) is 10.4. The number of hydrogen-bond acceptors (Lipinski definition) is 4. The summed E-state index contributed by atoms with van der Waals surface area (Å²) in [7, 11) is 1.69. The molecular formula is C11H12N4O. The monoisotopic (exact) mass is 216 g/mol. The average molecular weight is 216 g/mol. The van der Waals surface area contributed by atoms with Crippen LogP contribution in [0.2, 0.25) is 0 Å². The molecule has 2 aromatic rings. The Morgan fingerprint density at radius 3 is 2.94 bits per heavy atom. The van der Waals surface area contributed by atoms with Crippen LogP contribution in [0.5, 0.6) is 0 Å². The maximum Gasteiger partial charge on any atom is 0.293 e. The van der Waals surface area contributed by atoms with Crippen molar-refractivity contribution in [2.75, 3.05) is 5.32 Å². The average Bonchev–Trinajstić information content (AvgIpc) is 2.28. The van der Waals surface area contributed by atoms with Crippen molar-refractivity contribution in [3.8, 4) is 0 Å². The number of nitrogens with zero attached hydrogens (tertiary/aromatic N) is 3. The Morgan fingerprint density at radius 1 is 1.38 bits per heavy atom. The SMILES string of the molecule is Cc1ccncc1Nc1nccn(C)c1=O. The van der Waals surface area contributed by atoms with Crippen molar-refractivity contribution in [2.45, 2.75) is 6.92 Å². The van der Waals surface area contributed by atoms with Crippen LogP contribution in [0.1, 0.15) is 5.56 Å². The second kappa shape index (κ2) is 4.14. The lowest BCUT2D eigenvalue weighted by Gasteiger charge is -2.07. The molecule has 0 atom stereocenters. The second-order valence-corrected chi connectivity index (χ2v) is 3.51. The molecule has 82 valence electrons. The summed E-state index contributed by atoms with van der Waals surface area (Å²) in [6.45, 7) is 1.94. The van der Waals surface area contributed by atoms with Gasteiger partial charge in [0.2, 0.25) is 0 Å². The van der Waals surface area contributed by atoms with Crippen molar-refractivity contribution in [3.63, 3.8) is 0 Å². The number of pyridine rings is 1. The van der Waals surface area contributed by atoms with Crippen molar-refractivity contribution in [1.29, 1.82) is 0 Å². The minimum Gasteiger partial charge on any atom is -0.334 e. The van der Waals surface area contributed by atoms with E-state index in [4.69, 9.17) is 0 Å². The van der Waals surface area contributed by atoms with E-state index in [1.807, 2.05) is 13.0 Å². The fourth-order valence-electron chi connectivity index (χ4n) is 1.31. The van der Waals surface area contributed by atoms with Crippen LogP contribution in [0.4, 0.5) is 11.5 Å². The summed E-state index contributed by atoms with van der Waals surface area (Å²) in [6, 6.07) is 1.87. The summed E-state index contributed by atoms with van der Waals surface area (Å²) in [5.74, 6) is 0.307. The van der Waals surface area contributed by atoms with Gasteiger partial charge in [0.05, 0.1) is 11.9 Å². The lowest BCUT2D eigenvalue weighted by Crippen LogP contribution is -2.20. The first-order valence-electron chi connectivity index (χ1n) is 4.88. The van der Waals surface area contributed by atoms with Gasteiger partial charge in [-0.05, 0) is 18.6 Å². The highest BCUT2D eigenvalue weighted by Crippen LogP contribution is 2.14. The molecule has 0 aliphatic carbocycles. The van der Waals surface area contributed by atoms with Crippen LogP contribution >= 0.6 is 0 Å². The summed E-state index contributed by atoms with van der Waals surface area (Å²) in [6.07, 6.45) is 6.57. The van der Waals surface area contributed by atoms with Crippen LogP contribution in [0.15, 0.2) is 35.6 Å². The van der Waals surface area contributed by atoms with E-state index in [1.165, 1.54) is 4.57 Å². The second-order valence-electron chi connectivity index (χ2n) is 3.51. The fourth-order valence-corrected chi connectivity index (χ4v) is 1.31. The molecule has 0 bridgehead atoms. The van der Waals surface area contributed by atoms with Crippen molar-refractivity contribution in [2.24, 2.45) is 7.05 Å². The molecule has 5 nitrogen and oxygen atoms in total. The zero-order valence-electron chi connectivity index (χ0n) is 9.14. The molecule has 2 heterocycles. The number of rotatable bonds is 2. The molecule has 0 saturated carbocycles. The summed E-state index contributed by atoms with van der Waals surface area (Å²) < 4.78 is 1.47. The predicted octanol–water partition coefficient (Wildman–Crippen LogP) is 1.23. The van der Waals surface area contributed by atoms with Gasteiger partial charge in [0.1, 0.15) is 0 Å². The molecule has 0 aromatic carbocycles. The molecule has 0 unspecified atom stereocenters. The Bertz CT molecular complexity index is 562. The summed E-state index contributed by atoms with van der Waals surface area (Å²) >= 11 is 0. The zero-order valence-corrected chi connectivity index (χ0v) is 9.14. The van der Waals surface area contributed by atoms with E-state index in [2.05, 4.69) is 15.3 Å². The molecule has 0 spiro atoms. The van der Waals surface area contributed by atoms with E-state index in [1.54, 1.807) is 31.8 Å². The van der Waals surface area contributed by atoms with Gasteiger partial charge in [-0.1, -0.05) is 0 Å². The van der Waals surface area contributed by atoms with E-state index in [9.17, 15) is 4.79 Å². The van der Waals surface area contributed by atoms with E-state index < -0.39 is 0 Å². The quantitative estimate of drug-likeness (QED) is 0.820. The lowest BCUT2D eigenvalue weighted by molar-refractivity contribution is 0.845. The zero-order chi connectivity index (χ0) is 11.5. The number of anilines is 2. The van der Waals surface area contributed by atoms with E-state index in [-0.39, 0.29) is 5.56 Å². The number of aryl methyl sites for hydroxylation is 2. The fraction of sp³-hybridized carbons (Fsp3) is 0.182. The summed E-state index contributed by atoms with van der Waals surface area (Å²) in [5.41, 5.74) is 1.65. The maximum atomic E-state index is 11.7. The molecule has 0 aliphatic heterocycles. The molecule has 2 rings (SSSR count). The van der Waals surface area contributed by atoms with Crippen LogP contribution < -0.4 is 10.9 Å². The summed E-state index contributed by atoms with van der Waals surface area (Å²) in [5, 5.41) is 2.97. The van der Waals surface area contributed by atoms with Crippen LogP contribution in [0.3, 0.4) is 0 Å². The molecule has 0 aliphatic rings. The molecule has 5 heteroatoms. The predicted molar refractivity (Wildman–Crippen MR) is 61.7 cm³/mol. The molecule has 0 amide bonds. The van der Waals surface area contributed by atoms with Gasteiger partial charge < -0.3 is 9.88 Å². The standard InChI is InChI=1S/C11H12N4O/c1-8-3-4-12-7-9(8)14-10-11(16)15(2)6-5-13-10/h3-7H,1-2H3,(H,13,14). The van der Waals surface area contributed by atoms with E-state index in [0.717, 1.165) is 11.3 Å². The normalized spacial score (nSPS) is 10.1. The molecule has 16 heavy (non-hydrogen) atoms. The number of nitrogens with one attached hydrogen (secondary N) is 1. The lowest BCUT2D eigenvalue weighted by atomic mass is 10.2. The first-order chi connectivity index (χ1) is 7.68. The number of hydrogen-bond donors (Lipinski definition) is 1. The molecule has 0 radical (unpaired) electrons. The molecule has 0 saturated heterocycles. The third-order valence-electron chi connectivity index (χ3n) is 2.31. The molecule has 0 fully saturated rings. The highest BCUT2D eigenvalue weighted by Gasteiger charge is 2.04. The molecule has 1 N–H and O–H groups in total. The Kier molecular flexibility index (Phi) is 2.68. The van der Waals surface area contributed by atoms with Crippen LogP contribution in [0.25, 0.3) is 0 Å². The smallest absolute Gasteiger partial charge is 0.293 e. The van der Waals surface area contributed by atoms with Gasteiger partial charge in [-0.2, -0.15) is 0 Å². The Hall–Kier alpha value is -2.17. The van der Waals surface area contributed by atoms with E-state index >= 15 is 0 Å². The largest absolute Gasteiger partial charge is 0.334 e. The van der Waals surface area contributed by atoms with Gasteiger partial charge in [0.15, 0.2) is 5.82 Å². The third kappa shape index (κ3) is 1.93. The Balaban J connectivity index is 2.39. The van der Waals surface area contributed by atoms with Gasteiger partial charge in [0, 0.05) is 25.6 Å². The van der Waals surface area contributed by atoms with Crippen molar-refractivity contribution < 1.29 is 0 Å². The third-order valence-corrected chi connectivity index (χ3v) is 2.31.